The first kappa shape index (κ1) is 18.1. The lowest BCUT2D eigenvalue weighted by Gasteiger charge is -2.17. The van der Waals surface area contributed by atoms with Crippen LogP contribution in [0.4, 0.5) is 22.7 Å². The fourth-order valence-corrected chi connectivity index (χ4v) is 2.46. The van der Waals surface area contributed by atoms with Gasteiger partial charge in [0.15, 0.2) is 0 Å². The van der Waals surface area contributed by atoms with Crippen molar-refractivity contribution in [1.29, 1.82) is 0 Å². The van der Waals surface area contributed by atoms with Crippen molar-refractivity contribution in [3.05, 3.63) is 56.6 Å². The molecule has 0 spiro atoms. The SMILES string of the molecule is CN(CCO)c1ccc(/N=N/c2c(Cl)cc([N+](=O)[O-])cc2Cl)cc1. The summed E-state index contributed by atoms with van der Waals surface area (Å²) in [5.74, 6) is 0. The smallest absolute Gasteiger partial charge is 0.272 e. The van der Waals surface area contributed by atoms with E-state index in [-0.39, 0.29) is 28.0 Å². The van der Waals surface area contributed by atoms with E-state index in [4.69, 9.17) is 28.3 Å². The van der Waals surface area contributed by atoms with Gasteiger partial charge in [-0.3, -0.25) is 10.1 Å². The number of nitrogens with zero attached hydrogens (tertiary/aromatic N) is 4. The molecular formula is C15H14Cl2N4O3. The van der Waals surface area contributed by atoms with Crippen LogP contribution in [-0.2, 0) is 0 Å². The zero-order valence-electron chi connectivity index (χ0n) is 12.7. The summed E-state index contributed by atoms with van der Waals surface area (Å²) in [5, 5.41) is 27.8. The number of halogens is 2. The van der Waals surface area contributed by atoms with Crippen LogP contribution in [0.5, 0.6) is 0 Å². The lowest BCUT2D eigenvalue weighted by Crippen LogP contribution is -2.20. The number of likely N-dealkylation sites (N-methyl/N-ethyl adjacent to an activating group) is 1. The summed E-state index contributed by atoms with van der Waals surface area (Å²) < 4.78 is 0. The van der Waals surface area contributed by atoms with Gasteiger partial charge in [-0.1, -0.05) is 23.2 Å². The molecule has 0 saturated heterocycles. The van der Waals surface area contributed by atoms with E-state index in [2.05, 4.69) is 10.2 Å². The molecule has 0 aliphatic rings. The van der Waals surface area contributed by atoms with Crippen LogP contribution in [-0.4, -0.2) is 30.2 Å². The molecule has 2 aromatic carbocycles. The van der Waals surface area contributed by atoms with E-state index in [1.165, 1.54) is 12.1 Å². The largest absolute Gasteiger partial charge is 0.395 e. The molecular weight excluding hydrogens is 355 g/mol. The van der Waals surface area contributed by atoms with Crippen LogP contribution < -0.4 is 4.90 Å². The van der Waals surface area contributed by atoms with Crippen molar-refractivity contribution in [3.63, 3.8) is 0 Å². The van der Waals surface area contributed by atoms with Crippen LogP contribution in [0.3, 0.4) is 0 Å². The molecule has 9 heteroatoms. The minimum Gasteiger partial charge on any atom is -0.395 e. The minimum absolute atomic E-state index is 0.0530. The molecule has 7 nitrogen and oxygen atoms in total. The normalized spacial score (nSPS) is 11.0. The summed E-state index contributed by atoms with van der Waals surface area (Å²) in [4.78, 5) is 12.1. The van der Waals surface area contributed by atoms with Gasteiger partial charge in [0.1, 0.15) is 5.69 Å². The molecule has 2 aromatic rings. The standard InChI is InChI=1S/C15H14Cl2N4O3/c1-20(6-7-22)11-4-2-10(3-5-11)18-19-15-13(16)8-12(21(23)24)9-14(15)17/h2-5,8-9,22H,6-7H2,1H3/b19-18+. The van der Waals surface area contributed by atoms with Crippen molar-refractivity contribution in [2.24, 2.45) is 10.2 Å². The molecule has 0 aromatic heterocycles. The van der Waals surface area contributed by atoms with E-state index in [1.54, 1.807) is 12.1 Å². The van der Waals surface area contributed by atoms with Gasteiger partial charge in [0.2, 0.25) is 0 Å². The summed E-state index contributed by atoms with van der Waals surface area (Å²) in [5.41, 5.74) is 1.46. The first-order valence-electron chi connectivity index (χ1n) is 6.89. The number of aliphatic hydroxyl groups is 1. The third kappa shape index (κ3) is 4.41. The molecule has 0 saturated carbocycles. The zero-order valence-corrected chi connectivity index (χ0v) is 14.2. The van der Waals surface area contributed by atoms with E-state index in [9.17, 15) is 10.1 Å². The molecule has 0 atom stereocenters. The Bertz CT molecular complexity index is 743. The van der Waals surface area contributed by atoms with Gasteiger partial charge >= 0.3 is 0 Å². The molecule has 0 unspecified atom stereocenters. The lowest BCUT2D eigenvalue weighted by molar-refractivity contribution is -0.384. The fourth-order valence-electron chi connectivity index (χ4n) is 1.91. The van der Waals surface area contributed by atoms with Crippen LogP contribution in [0.2, 0.25) is 10.0 Å². The second kappa shape index (κ2) is 8.05. The number of hydrogen-bond acceptors (Lipinski definition) is 6. The molecule has 0 heterocycles. The highest BCUT2D eigenvalue weighted by Crippen LogP contribution is 2.37. The van der Waals surface area contributed by atoms with E-state index in [0.29, 0.717) is 12.2 Å². The van der Waals surface area contributed by atoms with Crippen molar-refractivity contribution in [2.45, 2.75) is 0 Å². The number of hydrogen-bond donors (Lipinski definition) is 1. The second-order valence-electron chi connectivity index (χ2n) is 4.88. The first-order valence-corrected chi connectivity index (χ1v) is 7.65. The van der Waals surface area contributed by atoms with Crippen molar-refractivity contribution in [3.8, 4) is 0 Å². The predicted molar refractivity (Wildman–Crippen MR) is 94.1 cm³/mol. The van der Waals surface area contributed by atoms with E-state index >= 15 is 0 Å². The molecule has 1 N–H and O–H groups in total. The zero-order chi connectivity index (χ0) is 17.7. The number of benzene rings is 2. The maximum absolute atomic E-state index is 10.7. The van der Waals surface area contributed by atoms with Gasteiger partial charge in [0.05, 0.1) is 27.3 Å². The average Bonchev–Trinajstić information content (AvgIpc) is 2.54. The molecule has 0 bridgehead atoms. The summed E-state index contributed by atoms with van der Waals surface area (Å²) in [6.07, 6.45) is 0. The third-order valence-electron chi connectivity index (χ3n) is 3.20. The van der Waals surface area contributed by atoms with Crippen LogP contribution in [0.15, 0.2) is 46.6 Å². The average molecular weight is 369 g/mol. The summed E-state index contributed by atoms with van der Waals surface area (Å²) in [6.45, 7) is 0.587. The number of azo groups is 1. The van der Waals surface area contributed by atoms with Gasteiger partial charge in [-0.15, -0.1) is 5.11 Å². The number of nitro groups is 1. The Morgan fingerprint density at radius 1 is 1.17 bits per heavy atom. The monoisotopic (exact) mass is 368 g/mol. The Morgan fingerprint density at radius 3 is 2.25 bits per heavy atom. The minimum atomic E-state index is -0.583. The van der Waals surface area contributed by atoms with E-state index in [0.717, 1.165) is 5.69 Å². The summed E-state index contributed by atoms with van der Waals surface area (Å²) >= 11 is 11.9. The van der Waals surface area contributed by atoms with Crippen LogP contribution in [0, 0.1) is 10.1 Å². The van der Waals surface area contributed by atoms with Crippen molar-refractivity contribution >= 4 is 46.0 Å². The van der Waals surface area contributed by atoms with Gasteiger partial charge in [-0.2, -0.15) is 5.11 Å². The van der Waals surface area contributed by atoms with Gasteiger partial charge in [-0.25, -0.2) is 0 Å². The fraction of sp³-hybridized carbons (Fsp3) is 0.200. The maximum Gasteiger partial charge on any atom is 0.272 e. The second-order valence-corrected chi connectivity index (χ2v) is 5.69. The van der Waals surface area contributed by atoms with Gasteiger partial charge in [0.25, 0.3) is 5.69 Å². The molecule has 0 fully saturated rings. The number of nitro benzene ring substituents is 1. The molecule has 0 aliphatic carbocycles. The molecule has 126 valence electrons. The third-order valence-corrected chi connectivity index (χ3v) is 3.78. The summed E-state index contributed by atoms with van der Waals surface area (Å²) in [6, 6.07) is 9.52. The van der Waals surface area contributed by atoms with Crippen LogP contribution >= 0.6 is 23.2 Å². The highest BCUT2D eigenvalue weighted by molar-refractivity contribution is 6.39. The summed E-state index contributed by atoms with van der Waals surface area (Å²) in [7, 11) is 1.86. The quantitative estimate of drug-likeness (QED) is 0.452. The number of aliphatic hydroxyl groups excluding tert-OH is 1. The van der Waals surface area contributed by atoms with Crippen molar-refractivity contribution < 1.29 is 10.0 Å². The lowest BCUT2D eigenvalue weighted by atomic mass is 10.2. The predicted octanol–water partition coefficient (Wildman–Crippen LogP) is 4.75. The molecule has 24 heavy (non-hydrogen) atoms. The highest BCUT2D eigenvalue weighted by atomic mass is 35.5. The number of rotatable bonds is 6. The number of non-ortho nitro benzene ring substituents is 1. The van der Waals surface area contributed by atoms with Crippen molar-refractivity contribution in [2.75, 3.05) is 25.1 Å². The van der Waals surface area contributed by atoms with Crippen LogP contribution in [0.25, 0.3) is 0 Å². The van der Waals surface area contributed by atoms with Gasteiger partial charge in [0, 0.05) is 31.4 Å². The van der Waals surface area contributed by atoms with E-state index in [1.807, 2.05) is 24.1 Å². The molecule has 0 radical (unpaired) electrons. The first-order chi connectivity index (χ1) is 11.4. The Morgan fingerprint density at radius 2 is 1.75 bits per heavy atom. The molecule has 0 amide bonds. The van der Waals surface area contributed by atoms with Crippen molar-refractivity contribution in [1.82, 2.24) is 0 Å². The Labute approximate surface area is 148 Å². The highest BCUT2D eigenvalue weighted by Gasteiger charge is 2.14. The topological polar surface area (TPSA) is 91.3 Å². The number of anilines is 1. The van der Waals surface area contributed by atoms with Gasteiger partial charge in [-0.05, 0) is 24.3 Å². The Kier molecular flexibility index (Phi) is 6.08. The maximum atomic E-state index is 10.7. The Hall–Kier alpha value is -2.22. The Balaban J connectivity index is 2.21. The van der Waals surface area contributed by atoms with Gasteiger partial charge < -0.3 is 10.0 Å². The van der Waals surface area contributed by atoms with E-state index < -0.39 is 4.92 Å². The molecule has 0 aliphatic heterocycles. The van der Waals surface area contributed by atoms with Crippen LogP contribution in [0.1, 0.15) is 0 Å². The molecule has 2 rings (SSSR count).